The summed E-state index contributed by atoms with van der Waals surface area (Å²) in [6.07, 6.45) is 15.8. The Hall–Kier alpha value is -3.23. The first-order valence-electron chi connectivity index (χ1n) is 26.5. The number of carbonyl (C=O) groups excluding carboxylic acids is 8. The fourth-order valence-corrected chi connectivity index (χ4v) is 15.0. The summed E-state index contributed by atoms with van der Waals surface area (Å²) >= 11 is 2.16. The van der Waals surface area contributed by atoms with Gasteiger partial charge in [0.05, 0.1) is 55.4 Å². The van der Waals surface area contributed by atoms with Crippen LogP contribution in [0.2, 0.25) is 0 Å². The lowest BCUT2D eigenvalue weighted by molar-refractivity contribution is -0.249. The average Bonchev–Trinajstić information content (AvgIpc) is 4.11. The molecular formula is C48H75AlN12O8. The van der Waals surface area contributed by atoms with E-state index in [-0.39, 0.29) is 93.5 Å². The Bertz CT molecular complexity index is 1890. The number of hydrogen-bond acceptors (Lipinski definition) is 16. The highest BCUT2D eigenvalue weighted by Crippen LogP contribution is 2.47. The van der Waals surface area contributed by atoms with Crippen LogP contribution < -0.4 is 42.5 Å². The van der Waals surface area contributed by atoms with Gasteiger partial charge in [-0.3, -0.25) is 61.7 Å². The van der Waals surface area contributed by atoms with Crippen molar-refractivity contribution in [1.29, 1.82) is 0 Å². The van der Waals surface area contributed by atoms with Gasteiger partial charge in [-0.05, 0) is 92.8 Å². The van der Waals surface area contributed by atoms with Gasteiger partial charge in [0.15, 0.2) is 0 Å². The molecule has 378 valence electrons. The molecule has 5 saturated heterocycles. The van der Waals surface area contributed by atoms with Gasteiger partial charge in [0.2, 0.25) is 11.8 Å². The van der Waals surface area contributed by atoms with Gasteiger partial charge in [-0.1, -0.05) is 44.9 Å². The summed E-state index contributed by atoms with van der Waals surface area (Å²) in [5, 5.41) is 35.9. The molecule has 9 rings (SSSR count). The van der Waals surface area contributed by atoms with Crippen molar-refractivity contribution in [2.24, 2.45) is 47.3 Å². The van der Waals surface area contributed by atoms with Crippen molar-refractivity contribution in [3.63, 3.8) is 0 Å². The first kappa shape index (κ1) is 50.7. The second-order valence-corrected chi connectivity index (χ2v) is 21.9. The van der Waals surface area contributed by atoms with Crippen LogP contribution in [0.15, 0.2) is 0 Å². The summed E-state index contributed by atoms with van der Waals surface area (Å²) in [5.74, 6) is -0.794. The Morgan fingerprint density at radius 2 is 0.681 bits per heavy atom. The SMILES string of the molecule is O=CCCC(=O)[N]([Al])N(C(=O)CCC=O)N(C(=O)CCC=O)N(C(=O)CCC=O)C1CCCC2C3NC4NC(NC5NC(NC6NC(NC(N3)C21)C1CCCCC61)C1CCCCC51)C1CCCCC41. The highest BCUT2D eigenvalue weighted by molar-refractivity contribution is 6.15. The number of fused-ring (bicyclic) bond motifs is 20. The number of carbonyl (C=O) groups is 8. The van der Waals surface area contributed by atoms with E-state index in [1.54, 1.807) is 0 Å². The fourth-order valence-electron chi connectivity index (χ4n) is 14.6. The summed E-state index contributed by atoms with van der Waals surface area (Å²) in [7, 11) is 0. The number of aldehydes is 4. The Morgan fingerprint density at radius 3 is 1.06 bits per heavy atom. The van der Waals surface area contributed by atoms with Crippen molar-refractivity contribution in [2.45, 2.75) is 203 Å². The van der Waals surface area contributed by atoms with Gasteiger partial charge in [0, 0.05) is 57.3 Å². The average molecular weight is 975 g/mol. The largest absolute Gasteiger partial charge is 0.359 e. The molecular weight excluding hydrogens is 900 g/mol. The van der Waals surface area contributed by atoms with Crippen molar-refractivity contribution in [3.8, 4) is 0 Å². The van der Waals surface area contributed by atoms with Gasteiger partial charge in [-0.15, -0.1) is 5.12 Å². The predicted octanol–water partition coefficient (Wildman–Crippen LogP) is 0.643. The van der Waals surface area contributed by atoms with E-state index in [4.69, 9.17) is 0 Å². The zero-order valence-electron chi connectivity index (χ0n) is 40.0. The fraction of sp³-hybridized carbons (Fsp3) is 0.833. The molecule has 4 saturated carbocycles. The summed E-state index contributed by atoms with van der Waals surface area (Å²) in [6, 6.07) is -0.749. The van der Waals surface area contributed by atoms with Crippen LogP contribution in [0.5, 0.6) is 0 Å². The maximum Gasteiger partial charge on any atom is 0.359 e. The molecule has 9 fully saturated rings. The third-order valence-corrected chi connectivity index (χ3v) is 18.1. The smallest absolute Gasteiger partial charge is 0.353 e. The summed E-state index contributed by atoms with van der Waals surface area (Å²) in [6.45, 7) is 0. The van der Waals surface area contributed by atoms with Crippen molar-refractivity contribution < 1.29 is 38.4 Å². The lowest BCUT2D eigenvalue weighted by atomic mass is 9.74. The number of hydrogen-bond donors (Lipinski definition) is 8. The second kappa shape index (κ2) is 23.1. The molecule has 0 spiro atoms. The number of hydrazine groups is 3. The van der Waals surface area contributed by atoms with Crippen molar-refractivity contribution in [1.82, 2.24) is 61.8 Å². The monoisotopic (exact) mass is 975 g/mol. The van der Waals surface area contributed by atoms with Gasteiger partial charge >= 0.3 is 16.5 Å². The quantitative estimate of drug-likeness (QED) is 0.0718. The Balaban J connectivity index is 1.12. The minimum absolute atomic E-state index is 0.00657. The van der Waals surface area contributed by atoms with Crippen LogP contribution in [0.4, 0.5) is 0 Å². The van der Waals surface area contributed by atoms with E-state index in [2.05, 4.69) is 59.0 Å². The number of rotatable bonds is 13. The van der Waals surface area contributed by atoms with Crippen LogP contribution in [0.3, 0.4) is 0 Å². The standard InChI is InChI=1S/C48H76N12O8.Al/c61-24-8-20-36(65)57-59(38(67)22-10-26-63)60(39(68)23-11-27-64)58(37(66)21-9-25-62)35-19-7-18-34-40(35)48-55-46-33-17-6-5-16-32(33)44(53-46)51-42-29-13-2-1-12-28(29)41(49-42)50-43-30-14-3-4-15-31(30)45(52-43)54-47(34)56-48;/h24-35,40-56H,1-23H2,(H,57,65);/q;+1/p-1. The van der Waals surface area contributed by atoms with E-state index in [9.17, 15) is 33.6 Å². The maximum atomic E-state index is 15.1. The second-order valence-electron chi connectivity index (χ2n) is 21.4. The highest BCUT2D eigenvalue weighted by Gasteiger charge is 2.58. The molecule has 17 unspecified atom stereocenters. The van der Waals surface area contributed by atoms with Crippen LogP contribution in [0.1, 0.15) is 148 Å². The minimum Gasteiger partial charge on any atom is -0.353 e. The Morgan fingerprint density at radius 1 is 0.377 bits per heavy atom. The summed E-state index contributed by atoms with van der Waals surface area (Å²) in [4.78, 5) is 105. The van der Waals surface area contributed by atoms with Gasteiger partial charge in [0.1, 0.15) is 25.1 Å². The van der Waals surface area contributed by atoms with E-state index >= 15 is 4.79 Å². The van der Waals surface area contributed by atoms with E-state index < -0.39 is 48.7 Å². The Labute approximate surface area is 414 Å². The predicted molar refractivity (Wildman–Crippen MR) is 251 cm³/mol. The topological polar surface area (TPSA) is 246 Å². The highest BCUT2D eigenvalue weighted by atomic mass is 27.1. The van der Waals surface area contributed by atoms with E-state index in [1.165, 1.54) is 37.1 Å². The van der Waals surface area contributed by atoms with Crippen LogP contribution in [-0.4, -0.2) is 140 Å². The van der Waals surface area contributed by atoms with E-state index in [0.717, 1.165) is 65.6 Å². The van der Waals surface area contributed by atoms with Crippen molar-refractivity contribution >= 4 is 65.3 Å². The lowest BCUT2D eigenvalue weighted by Gasteiger charge is -2.52. The summed E-state index contributed by atoms with van der Waals surface area (Å²) in [5.41, 5.74) is 0. The van der Waals surface area contributed by atoms with Gasteiger partial charge < -0.3 is 23.2 Å². The number of nitrogens with zero attached hydrogens (tertiary/aromatic N) is 4. The van der Waals surface area contributed by atoms with Crippen molar-refractivity contribution in [2.75, 3.05) is 0 Å². The molecule has 17 atom stereocenters. The van der Waals surface area contributed by atoms with E-state index in [0.29, 0.717) is 73.5 Å². The van der Waals surface area contributed by atoms with E-state index in [1.807, 2.05) is 0 Å². The Kier molecular flexibility index (Phi) is 17.0. The molecule has 0 aromatic heterocycles. The molecule has 0 aromatic carbocycles. The molecule has 4 aliphatic carbocycles. The van der Waals surface area contributed by atoms with Crippen LogP contribution in [0, 0.1) is 47.3 Å². The summed E-state index contributed by atoms with van der Waals surface area (Å²) < 4.78 is 0.849. The number of nitrogens with one attached hydrogen (secondary N) is 8. The molecule has 5 aliphatic heterocycles. The molecule has 20 nitrogen and oxygen atoms in total. The third-order valence-electron chi connectivity index (χ3n) is 17.6. The molecule has 9 aliphatic rings. The molecule has 8 N–H and O–H groups in total. The van der Waals surface area contributed by atoms with Gasteiger partial charge in [0.25, 0.3) is 11.8 Å². The first-order chi connectivity index (χ1) is 33.6. The van der Waals surface area contributed by atoms with Gasteiger partial charge in [-0.2, -0.15) is 5.12 Å². The molecule has 0 aromatic rings. The van der Waals surface area contributed by atoms with Crippen LogP contribution in [-0.2, 0) is 38.4 Å². The molecule has 21 heteroatoms. The third kappa shape index (κ3) is 10.5. The zero-order valence-corrected chi connectivity index (χ0v) is 41.2. The molecule has 4 amide bonds. The first-order valence-corrected chi connectivity index (χ1v) is 27.1. The van der Waals surface area contributed by atoms with Crippen LogP contribution in [0.25, 0.3) is 0 Å². The minimum atomic E-state index is -0.829. The van der Waals surface area contributed by atoms with Crippen LogP contribution >= 0.6 is 0 Å². The molecule has 5 heterocycles. The molecule has 69 heavy (non-hydrogen) atoms. The maximum absolute atomic E-state index is 15.1. The molecule has 2 radical (unpaired) electrons. The molecule has 8 bridgehead atoms. The normalized spacial score (nSPS) is 38.8. The van der Waals surface area contributed by atoms with Crippen molar-refractivity contribution in [3.05, 3.63) is 0 Å². The number of amides is 4. The zero-order chi connectivity index (χ0) is 48.2. The lowest BCUT2D eigenvalue weighted by Crippen LogP contribution is -2.70. The van der Waals surface area contributed by atoms with Gasteiger partial charge in [-0.25, -0.2) is 5.01 Å².